The summed E-state index contributed by atoms with van der Waals surface area (Å²) in [6.07, 6.45) is -8.11. The Morgan fingerprint density at radius 1 is 0.923 bits per heavy atom. The van der Waals surface area contributed by atoms with E-state index in [1.807, 2.05) is 0 Å². The van der Waals surface area contributed by atoms with Crippen molar-refractivity contribution in [1.82, 2.24) is 0 Å². The number of benzene rings is 1. The monoisotopic (exact) mass is 370 g/mol. The number of hydrogen-bond acceptors (Lipinski definition) is 0. The second kappa shape index (κ2) is 6.53. The van der Waals surface area contributed by atoms with Crippen molar-refractivity contribution >= 4 is 5.57 Å². The van der Waals surface area contributed by atoms with E-state index in [1.54, 1.807) is 36.4 Å². The van der Waals surface area contributed by atoms with Gasteiger partial charge < -0.3 is 0 Å². The minimum absolute atomic E-state index is 0.390. The fourth-order valence-corrected chi connectivity index (χ4v) is 3.75. The molecule has 0 aromatic heterocycles. The number of alkyl halides is 6. The van der Waals surface area contributed by atoms with Crippen molar-refractivity contribution < 1.29 is 26.3 Å². The summed E-state index contributed by atoms with van der Waals surface area (Å²) in [5, 5.41) is 0. The summed E-state index contributed by atoms with van der Waals surface area (Å²) in [6, 6.07) is 6.76. The Balaban J connectivity index is 2.14. The Hall–Kier alpha value is -2.16. The fraction of sp³-hybridized carbons (Fsp3) is 0.400. The van der Waals surface area contributed by atoms with Crippen LogP contribution in [0.15, 0.2) is 42.0 Å². The fourth-order valence-electron chi connectivity index (χ4n) is 3.75. The standard InChI is InChI=1S/C20H16F6/c21-19(22,23)12-10-18(11-13-20(24,25)26)16-8-3-1-2-6-14(16)15-7-4-5-9-17(15)18/h2,4-7,9H,1,10-13H2. The van der Waals surface area contributed by atoms with Crippen LogP contribution < -0.4 is 0 Å². The molecule has 0 aliphatic heterocycles. The van der Waals surface area contributed by atoms with E-state index in [9.17, 15) is 26.3 Å². The van der Waals surface area contributed by atoms with Crippen molar-refractivity contribution in [2.24, 2.45) is 0 Å². The van der Waals surface area contributed by atoms with Crippen LogP contribution in [-0.2, 0) is 5.41 Å². The average Bonchev–Trinajstić information content (AvgIpc) is 2.68. The highest BCUT2D eigenvalue weighted by molar-refractivity contribution is 5.89. The minimum Gasteiger partial charge on any atom is -0.171 e. The van der Waals surface area contributed by atoms with Crippen molar-refractivity contribution in [2.75, 3.05) is 0 Å². The predicted molar refractivity (Wildman–Crippen MR) is 87.2 cm³/mol. The van der Waals surface area contributed by atoms with Crippen LogP contribution in [0.1, 0.15) is 43.2 Å². The summed E-state index contributed by atoms with van der Waals surface area (Å²) < 4.78 is 77.7. The van der Waals surface area contributed by atoms with Gasteiger partial charge in [0, 0.05) is 30.3 Å². The predicted octanol–water partition coefficient (Wildman–Crippen LogP) is 6.34. The molecule has 0 saturated heterocycles. The van der Waals surface area contributed by atoms with Crippen LogP contribution in [0.5, 0.6) is 0 Å². The zero-order valence-electron chi connectivity index (χ0n) is 13.8. The molecular formula is C20H16F6. The molecule has 0 spiro atoms. The van der Waals surface area contributed by atoms with Gasteiger partial charge in [-0.1, -0.05) is 48.3 Å². The zero-order chi connectivity index (χ0) is 19.0. The Morgan fingerprint density at radius 2 is 1.54 bits per heavy atom. The number of fused-ring (bicyclic) bond motifs is 2. The molecule has 0 nitrogen and oxygen atoms in total. The van der Waals surface area contributed by atoms with Crippen molar-refractivity contribution in [3.63, 3.8) is 0 Å². The molecule has 0 bridgehead atoms. The lowest BCUT2D eigenvalue weighted by molar-refractivity contribution is -0.143. The largest absolute Gasteiger partial charge is 0.389 e. The molecule has 0 N–H and O–H groups in total. The Kier molecular flexibility index (Phi) is 4.68. The molecule has 2 aliphatic carbocycles. The highest BCUT2D eigenvalue weighted by Gasteiger charge is 2.47. The first-order valence-electron chi connectivity index (χ1n) is 8.26. The molecule has 6 heteroatoms. The second-order valence-corrected chi connectivity index (χ2v) is 6.55. The highest BCUT2D eigenvalue weighted by Crippen LogP contribution is 2.54. The van der Waals surface area contributed by atoms with Crippen LogP contribution in [-0.4, -0.2) is 12.4 Å². The molecule has 0 saturated carbocycles. The van der Waals surface area contributed by atoms with Gasteiger partial charge in [-0.3, -0.25) is 0 Å². The van der Waals surface area contributed by atoms with Crippen molar-refractivity contribution in [1.29, 1.82) is 0 Å². The van der Waals surface area contributed by atoms with Crippen LogP contribution in [0.4, 0.5) is 26.3 Å². The van der Waals surface area contributed by atoms with Gasteiger partial charge in [0.2, 0.25) is 0 Å². The third kappa shape index (κ3) is 3.67. The van der Waals surface area contributed by atoms with Gasteiger partial charge in [0.05, 0.1) is 0 Å². The van der Waals surface area contributed by atoms with Gasteiger partial charge in [0.25, 0.3) is 0 Å². The molecule has 138 valence electrons. The van der Waals surface area contributed by atoms with E-state index in [1.165, 1.54) is 0 Å². The van der Waals surface area contributed by atoms with Gasteiger partial charge in [0.15, 0.2) is 0 Å². The summed E-state index contributed by atoms with van der Waals surface area (Å²) in [6.45, 7) is 0. The summed E-state index contributed by atoms with van der Waals surface area (Å²) in [7, 11) is 0. The molecule has 0 heterocycles. The summed E-state index contributed by atoms with van der Waals surface area (Å²) in [5.41, 5.74) is 0.869. The molecule has 1 aromatic carbocycles. The molecule has 26 heavy (non-hydrogen) atoms. The topological polar surface area (TPSA) is 0 Å². The molecule has 0 amide bonds. The Labute approximate surface area is 147 Å². The van der Waals surface area contributed by atoms with Gasteiger partial charge in [-0.25, -0.2) is 0 Å². The first kappa shape index (κ1) is 18.6. The maximum absolute atomic E-state index is 12.9. The second-order valence-electron chi connectivity index (χ2n) is 6.55. The number of rotatable bonds is 4. The van der Waals surface area contributed by atoms with Gasteiger partial charge in [-0.2, -0.15) is 26.3 Å². The first-order valence-corrected chi connectivity index (χ1v) is 8.26. The number of halogens is 6. The maximum Gasteiger partial charge on any atom is 0.389 e. The van der Waals surface area contributed by atoms with Crippen LogP contribution >= 0.6 is 0 Å². The van der Waals surface area contributed by atoms with Gasteiger partial charge >= 0.3 is 12.4 Å². The minimum atomic E-state index is -4.45. The first-order chi connectivity index (χ1) is 12.1. The van der Waals surface area contributed by atoms with Crippen LogP contribution in [0.2, 0.25) is 0 Å². The van der Waals surface area contributed by atoms with E-state index in [-0.39, 0.29) is 0 Å². The van der Waals surface area contributed by atoms with Gasteiger partial charge in [-0.15, -0.1) is 0 Å². The van der Waals surface area contributed by atoms with E-state index in [2.05, 4.69) is 11.8 Å². The quantitative estimate of drug-likeness (QED) is 0.429. The Bertz CT molecular complexity index is 793. The average molecular weight is 370 g/mol. The van der Waals surface area contributed by atoms with E-state index in [0.717, 1.165) is 0 Å². The smallest absolute Gasteiger partial charge is 0.171 e. The summed E-state index contributed by atoms with van der Waals surface area (Å²) >= 11 is 0. The molecule has 1 aromatic rings. The third-order valence-corrected chi connectivity index (χ3v) is 4.87. The van der Waals surface area contributed by atoms with Crippen LogP contribution in [0.25, 0.3) is 5.57 Å². The lowest BCUT2D eigenvalue weighted by Crippen LogP contribution is -2.30. The number of hydrogen-bond donors (Lipinski definition) is 0. The van der Waals surface area contributed by atoms with Crippen LogP contribution in [0, 0.1) is 11.8 Å². The van der Waals surface area contributed by atoms with Gasteiger partial charge in [0.1, 0.15) is 0 Å². The summed E-state index contributed by atoms with van der Waals surface area (Å²) in [4.78, 5) is 0. The van der Waals surface area contributed by atoms with Crippen molar-refractivity contribution in [3.05, 3.63) is 53.1 Å². The third-order valence-electron chi connectivity index (χ3n) is 4.87. The maximum atomic E-state index is 12.9. The van der Waals surface area contributed by atoms with E-state index in [0.29, 0.717) is 28.7 Å². The zero-order valence-corrected chi connectivity index (χ0v) is 13.8. The molecule has 0 radical (unpaired) electrons. The highest BCUT2D eigenvalue weighted by atomic mass is 19.4. The van der Waals surface area contributed by atoms with E-state index < -0.39 is 43.5 Å². The molecule has 2 aliphatic rings. The lowest BCUT2D eigenvalue weighted by Gasteiger charge is -2.33. The molecule has 0 atom stereocenters. The van der Waals surface area contributed by atoms with E-state index in [4.69, 9.17) is 0 Å². The Morgan fingerprint density at radius 3 is 2.15 bits per heavy atom. The normalized spacial score (nSPS) is 18.1. The molecule has 0 fully saturated rings. The number of allylic oxidation sites excluding steroid dienone is 4. The van der Waals surface area contributed by atoms with Gasteiger partial charge in [-0.05, 0) is 29.5 Å². The molecule has 3 rings (SSSR count). The van der Waals surface area contributed by atoms with Crippen LogP contribution in [0.3, 0.4) is 0 Å². The van der Waals surface area contributed by atoms with Crippen molar-refractivity contribution in [3.8, 4) is 11.8 Å². The van der Waals surface area contributed by atoms with E-state index >= 15 is 0 Å². The lowest BCUT2D eigenvalue weighted by atomic mass is 9.70. The SMILES string of the molecule is FC(F)(F)CCC1(CCC(F)(F)F)C2=C(C=CCC#C2)c2ccccc21. The molecular weight excluding hydrogens is 354 g/mol. The summed E-state index contributed by atoms with van der Waals surface area (Å²) in [5.74, 6) is 5.73. The molecule has 0 unspecified atom stereocenters. The van der Waals surface area contributed by atoms with Crippen molar-refractivity contribution in [2.45, 2.75) is 49.9 Å².